The number of carbonyl (C=O) groups is 1. The van der Waals surface area contributed by atoms with Crippen LogP contribution in [0.3, 0.4) is 0 Å². The number of aliphatic hydroxyl groups is 1. The molecule has 1 fully saturated rings. The zero-order valence-electron chi connectivity index (χ0n) is 20.5. The van der Waals surface area contributed by atoms with E-state index in [0.29, 0.717) is 11.5 Å². The van der Waals surface area contributed by atoms with Crippen LogP contribution in [0, 0.1) is 0 Å². The first kappa shape index (κ1) is 29.7. The first-order valence-corrected chi connectivity index (χ1v) is 13.0. The number of carboxylic acids is 1. The van der Waals surface area contributed by atoms with Gasteiger partial charge in [0.15, 0.2) is 11.5 Å². The van der Waals surface area contributed by atoms with E-state index in [1.54, 1.807) is 23.2 Å². The van der Waals surface area contributed by atoms with Crippen LogP contribution in [0.25, 0.3) is 10.9 Å². The zero-order valence-corrected chi connectivity index (χ0v) is 21.3. The van der Waals surface area contributed by atoms with E-state index in [9.17, 15) is 23.4 Å². The third-order valence-electron chi connectivity index (χ3n) is 6.17. The number of aliphatic carboxylic acids is 1. The van der Waals surface area contributed by atoms with Crippen molar-refractivity contribution >= 4 is 45.8 Å². The number of fused-ring (bicyclic) bond motifs is 1. The standard InChI is InChI=1S/C25H29N3O8S.Li.H/c1-34-23-9-8-18(13-24(23)35-2)37(32,33)28-12-11-27(15-21(28)25(30)31)14-17(29)16-36-22-7-3-6-20-19(22)5-4-10-26-20;;/h3-10,13,17,21,29H,11-12,14-16H2,1-2H3,(H,30,31);;/t17-,21?;;/m1../s1. The van der Waals surface area contributed by atoms with Gasteiger partial charge in [-0.2, -0.15) is 4.31 Å². The van der Waals surface area contributed by atoms with Crippen LogP contribution in [0.15, 0.2) is 59.6 Å². The summed E-state index contributed by atoms with van der Waals surface area (Å²) in [5.74, 6) is -0.113. The van der Waals surface area contributed by atoms with Gasteiger partial charge in [-0.3, -0.25) is 14.7 Å². The molecule has 2 atom stereocenters. The molecule has 4 rings (SSSR count). The molecule has 0 amide bonds. The van der Waals surface area contributed by atoms with Crippen LogP contribution in [0.1, 0.15) is 0 Å². The van der Waals surface area contributed by atoms with E-state index in [0.717, 1.165) is 15.2 Å². The predicted molar refractivity (Wildman–Crippen MR) is 142 cm³/mol. The Morgan fingerprint density at radius 3 is 2.55 bits per heavy atom. The fraction of sp³-hybridized carbons (Fsp3) is 0.360. The Labute approximate surface area is 233 Å². The second-order valence-electron chi connectivity index (χ2n) is 8.54. The van der Waals surface area contributed by atoms with Crippen LogP contribution in [0.5, 0.6) is 17.2 Å². The number of methoxy groups -OCH3 is 2. The molecule has 1 aliphatic rings. The number of aromatic nitrogens is 1. The first-order valence-electron chi connectivity index (χ1n) is 11.6. The molecule has 2 N–H and O–H groups in total. The molecule has 1 saturated heterocycles. The summed E-state index contributed by atoms with van der Waals surface area (Å²) in [7, 11) is -1.31. The maximum atomic E-state index is 13.3. The van der Waals surface area contributed by atoms with Crippen molar-refractivity contribution in [2.75, 3.05) is 47.0 Å². The van der Waals surface area contributed by atoms with Crippen LogP contribution in [-0.4, -0.2) is 117 Å². The third-order valence-corrected chi connectivity index (χ3v) is 8.07. The number of benzene rings is 2. The molecule has 0 aliphatic carbocycles. The third kappa shape index (κ3) is 6.40. The number of hydrogen-bond acceptors (Lipinski definition) is 9. The minimum atomic E-state index is -4.14. The average Bonchev–Trinajstić information content (AvgIpc) is 2.91. The van der Waals surface area contributed by atoms with Crippen molar-refractivity contribution in [1.29, 1.82) is 0 Å². The van der Waals surface area contributed by atoms with Gasteiger partial charge in [-0.05, 0) is 36.4 Å². The van der Waals surface area contributed by atoms with Crippen molar-refractivity contribution in [2.24, 2.45) is 0 Å². The normalized spacial score (nSPS) is 17.4. The Balaban J connectivity index is 0.00000400. The molecule has 13 heteroatoms. The van der Waals surface area contributed by atoms with Gasteiger partial charge in [0.25, 0.3) is 0 Å². The van der Waals surface area contributed by atoms with Crippen molar-refractivity contribution in [3.05, 3.63) is 54.7 Å². The van der Waals surface area contributed by atoms with Gasteiger partial charge >= 0.3 is 24.8 Å². The van der Waals surface area contributed by atoms with Crippen molar-refractivity contribution in [3.8, 4) is 17.2 Å². The molecule has 0 spiro atoms. The number of ether oxygens (including phenoxy) is 3. The topological polar surface area (TPSA) is 139 Å². The monoisotopic (exact) mass is 539 g/mol. The molecule has 2 aromatic carbocycles. The molecule has 1 aliphatic heterocycles. The fourth-order valence-electron chi connectivity index (χ4n) is 4.33. The van der Waals surface area contributed by atoms with Gasteiger partial charge in [0.05, 0.1) is 24.6 Å². The fourth-order valence-corrected chi connectivity index (χ4v) is 5.91. The van der Waals surface area contributed by atoms with Crippen molar-refractivity contribution < 1.29 is 37.6 Å². The van der Waals surface area contributed by atoms with Gasteiger partial charge in [0.2, 0.25) is 10.0 Å². The Morgan fingerprint density at radius 2 is 1.84 bits per heavy atom. The van der Waals surface area contributed by atoms with Crippen LogP contribution in [-0.2, 0) is 14.8 Å². The molecule has 0 radical (unpaired) electrons. The van der Waals surface area contributed by atoms with Gasteiger partial charge in [0.1, 0.15) is 24.5 Å². The van der Waals surface area contributed by atoms with E-state index in [4.69, 9.17) is 14.2 Å². The molecule has 38 heavy (non-hydrogen) atoms. The number of rotatable bonds is 10. The van der Waals surface area contributed by atoms with Gasteiger partial charge < -0.3 is 24.4 Å². The van der Waals surface area contributed by atoms with Crippen molar-refractivity contribution in [2.45, 2.75) is 17.0 Å². The van der Waals surface area contributed by atoms with E-state index < -0.39 is 28.1 Å². The van der Waals surface area contributed by atoms with Gasteiger partial charge in [0, 0.05) is 43.8 Å². The van der Waals surface area contributed by atoms with E-state index in [2.05, 4.69) is 4.98 Å². The Bertz CT molecular complexity index is 1370. The summed E-state index contributed by atoms with van der Waals surface area (Å²) in [6.07, 6.45) is 0.764. The van der Waals surface area contributed by atoms with Crippen molar-refractivity contribution in [1.82, 2.24) is 14.2 Å². The quantitative estimate of drug-likeness (QED) is 0.356. The number of aliphatic hydroxyl groups excluding tert-OH is 1. The van der Waals surface area contributed by atoms with Crippen molar-refractivity contribution in [3.63, 3.8) is 0 Å². The predicted octanol–water partition coefficient (Wildman–Crippen LogP) is 0.803. The maximum absolute atomic E-state index is 13.3. The summed E-state index contributed by atoms with van der Waals surface area (Å²) in [5, 5.41) is 21.2. The van der Waals surface area contributed by atoms with E-state index >= 15 is 0 Å². The Hall–Kier alpha value is -2.85. The molecule has 2 heterocycles. The second-order valence-corrected chi connectivity index (χ2v) is 10.4. The van der Waals surface area contributed by atoms with Crippen LogP contribution >= 0.6 is 0 Å². The average molecular weight is 540 g/mol. The van der Waals surface area contributed by atoms with E-state index in [1.165, 1.54) is 32.4 Å². The van der Waals surface area contributed by atoms with Crippen LogP contribution in [0.2, 0.25) is 0 Å². The molecule has 11 nitrogen and oxygen atoms in total. The number of β-amino-alcohol motifs (C(OH)–C–C–N with tert-alkyl or cyclic N) is 1. The number of sulfonamides is 1. The molecule has 0 saturated carbocycles. The number of pyridine rings is 1. The molecular formula is C25H30LiN3O8S. The summed E-state index contributed by atoms with van der Waals surface area (Å²) < 4.78 is 43.8. The van der Waals surface area contributed by atoms with E-state index in [-0.39, 0.29) is 62.3 Å². The van der Waals surface area contributed by atoms with Gasteiger partial charge in [-0.1, -0.05) is 6.07 Å². The second kappa shape index (κ2) is 12.8. The summed E-state index contributed by atoms with van der Waals surface area (Å²) in [6.45, 7) is 0.200. The number of nitrogens with zero attached hydrogens (tertiary/aromatic N) is 3. The SMILES string of the molecule is COc1ccc(S(=O)(=O)N2CCN(C[C@@H](O)COc3cccc4ncccc34)CC2C(=O)O)cc1OC.[LiH]. The summed E-state index contributed by atoms with van der Waals surface area (Å²) in [4.78, 5) is 18.0. The van der Waals surface area contributed by atoms with E-state index in [1.807, 2.05) is 18.2 Å². The molecular weight excluding hydrogens is 509 g/mol. The number of piperazine rings is 1. The Kier molecular flexibility index (Phi) is 10.0. The minimum absolute atomic E-state index is 0. The number of carboxylic acid groups (broad SMARTS) is 1. The van der Waals surface area contributed by atoms with Crippen LogP contribution < -0.4 is 14.2 Å². The summed E-state index contributed by atoms with van der Waals surface area (Å²) >= 11 is 0. The zero-order chi connectivity index (χ0) is 26.6. The molecule has 3 aromatic rings. The van der Waals surface area contributed by atoms with Gasteiger partial charge in [-0.15, -0.1) is 0 Å². The summed E-state index contributed by atoms with van der Waals surface area (Å²) in [6, 6.07) is 11.9. The molecule has 0 bridgehead atoms. The van der Waals surface area contributed by atoms with Gasteiger partial charge in [-0.25, -0.2) is 8.42 Å². The first-order chi connectivity index (χ1) is 17.7. The Morgan fingerprint density at radius 1 is 1.08 bits per heavy atom. The molecule has 1 aromatic heterocycles. The van der Waals surface area contributed by atoms with Crippen LogP contribution in [0.4, 0.5) is 0 Å². The molecule has 1 unspecified atom stereocenters. The summed E-state index contributed by atoms with van der Waals surface area (Å²) in [5.41, 5.74) is 0.769. The molecule has 200 valence electrons. The number of hydrogen-bond donors (Lipinski definition) is 2.